The third kappa shape index (κ3) is 4.35. The summed E-state index contributed by atoms with van der Waals surface area (Å²) in [5, 5.41) is 0.534. The predicted octanol–water partition coefficient (Wildman–Crippen LogP) is 2.05. The first-order valence-corrected chi connectivity index (χ1v) is 8.48. The first kappa shape index (κ1) is 16.1. The molecule has 1 amide bonds. The molecule has 0 radical (unpaired) electrons. The maximum absolute atomic E-state index is 12.2. The number of thiocarbonyl (C=S) groups is 1. The highest BCUT2D eigenvalue weighted by molar-refractivity contribution is 8.00. The zero-order chi connectivity index (χ0) is 15.2. The van der Waals surface area contributed by atoms with Crippen LogP contribution in [0.4, 0.5) is 0 Å². The van der Waals surface area contributed by atoms with Crippen molar-refractivity contribution in [1.29, 1.82) is 0 Å². The van der Waals surface area contributed by atoms with E-state index >= 15 is 0 Å². The van der Waals surface area contributed by atoms with Crippen molar-refractivity contribution in [3.05, 3.63) is 29.8 Å². The number of ether oxygens (including phenoxy) is 1. The van der Waals surface area contributed by atoms with Gasteiger partial charge in [-0.3, -0.25) is 4.79 Å². The third-order valence-electron chi connectivity index (χ3n) is 3.45. The predicted molar refractivity (Wildman–Crippen MR) is 90.9 cm³/mol. The van der Waals surface area contributed by atoms with Crippen LogP contribution in [0.5, 0.6) is 5.75 Å². The van der Waals surface area contributed by atoms with Gasteiger partial charge in [-0.1, -0.05) is 31.3 Å². The fourth-order valence-corrected chi connectivity index (χ4v) is 3.57. The molecule has 1 aliphatic heterocycles. The van der Waals surface area contributed by atoms with Crippen LogP contribution in [0.2, 0.25) is 0 Å². The molecule has 4 nitrogen and oxygen atoms in total. The van der Waals surface area contributed by atoms with Crippen molar-refractivity contribution in [2.75, 3.05) is 25.4 Å². The summed E-state index contributed by atoms with van der Waals surface area (Å²) in [6, 6.07) is 7.26. The van der Waals surface area contributed by atoms with Crippen LogP contribution in [-0.4, -0.2) is 46.5 Å². The minimum atomic E-state index is 0.0199. The molecule has 0 aliphatic carbocycles. The molecule has 0 bridgehead atoms. The van der Waals surface area contributed by atoms with Gasteiger partial charge in [-0.2, -0.15) is 11.8 Å². The Bertz CT molecular complexity index is 522. The minimum absolute atomic E-state index is 0.0199. The SMILES string of the molecule is CCC1CN(C(=O)COc2ccccc2C(N)=S)CCS1. The molecule has 1 saturated heterocycles. The van der Waals surface area contributed by atoms with Crippen LogP contribution in [0.15, 0.2) is 24.3 Å². The molecule has 0 saturated carbocycles. The van der Waals surface area contributed by atoms with Crippen molar-refractivity contribution in [2.45, 2.75) is 18.6 Å². The Morgan fingerprint density at radius 1 is 1.52 bits per heavy atom. The number of hydrogen-bond donors (Lipinski definition) is 1. The van der Waals surface area contributed by atoms with Gasteiger partial charge in [0.25, 0.3) is 5.91 Å². The molecule has 0 spiro atoms. The van der Waals surface area contributed by atoms with Gasteiger partial charge >= 0.3 is 0 Å². The number of amides is 1. The Balaban J connectivity index is 1.94. The molecular formula is C15H20N2O2S2. The van der Waals surface area contributed by atoms with E-state index in [1.54, 1.807) is 12.1 Å². The summed E-state index contributed by atoms with van der Waals surface area (Å²) in [4.78, 5) is 14.4. The van der Waals surface area contributed by atoms with E-state index < -0.39 is 0 Å². The Kier molecular flexibility index (Phi) is 5.87. The van der Waals surface area contributed by atoms with Crippen molar-refractivity contribution in [1.82, 2.24) is 4.90 Å². The van der Waals surface area contributed by atoms with E-state index in [-0.39, 0.29) is 17.5 Å². The molecule has 114 valence electrons. The standard InChI is InChI=1S/C15H20N2O2S2/c1-2-11-9-17(7-8-21-11)14(18)10-19-13-6-4-3-5-12(13)15(16)20/h3-6,11H,2,7-10H2,1H3,(H2,16,20). The van der Waals surface area contributed by atoms with Crippen LogP contribution >= 0.6 is 24.0 Å². The Labute approximate surface area is 135 Å². The number of carbonyl (C=O) groups excluding carboxylic acids is 1. The fourth-order valence-electron chi connectivity index (χ4n) is 2.22. The van der Waals surface area contributed by atoms with Gasteiger partial charge in [0.15, 0.2) is 6.61 Å². The van der Waals surface area contributed by atoms with Crippen molar-refractivity contribution >= 4 is 34.9 Å². The molecule has 1 aliphatic rings. The van der Waals surface area contributed by atoms with E-state index in [0.717, 1.165) is 25.3 Å². The molecule has 1 heterocycles. The number of para-hydroxylation sites is 1. The highest BCUT2D eigenvalue weighted by Gasteiger charge is 2.23. The molecule has 1 atom stereocenters. The number of carbonyl (C=O) groups is 1. The molecule has 6 heteroatoms. The monoisotopic (exact) mass is 324 g/mol. The van der Waals surface area contributed by atoms with E-state index in [0.29, 0.717) is 16.6 Å². The van der Waals surface area contributed by atoms with E-state index in [4.69, 9.17) is 22.7 Å². The second kappa shape index (κ2) is 7.66. The van der Waals surface area contributed by atoms with Crippen molar-refractivity contribution in [2.24, 2.45) is 5.73 Å². The van der Waals surface area contributed by atoms with Gasteiger partial charge in [0, 0.05) is 24.1 Å². The molecule has 21 heavy (non-hydrogen) atoms. The zero-order valence-corrected chi connectivity index (χ0v) is 13.7. The average Bonchev–Trinajstić information content (AvgIpc) is 2.52. The summed E-state index contributed by atoms with van der Waals surface area (Å²) in [6.45, 7) is 3.78. The Hall–Kier alpha value is -1.27. The first-order valence-electron chi connectivity index (χ1n) is 7.02. The molecule has 0 aromatic heterocycles. The first-order chi connectivity index (χ1) is 10.1. The fraction of sp³-hybridized carbons (Fsp3) is 0.467. The minimum Gasteiger partial charge on any atom is -0.483 e. The maximum atomic E-state index is 12.2. The maximum Gasteiger partial charge on any atom is 0.260 e. The number of nitrogens with zero attached hydrogens (tertiary/aromatic N) is 1. The lowest BCUT2D eigenvalue weighted by Gasteiger charge is -2.31. The van der Waals surface area contributed by atoms with Crippen molar-refractivity contribution in [3.63, 3.8) is 0 Å². The Morgan fingerprint density at radius 2 is 2.29 bits per heavy atom. The summed E-state index contributed by atoms with van der Waals surface area (Å²) in [5.74, 6) is 1.58. The largest absolute Gasteiger partial charge is 0.483 e. The van der Waals surface area contributed by atoms with Crippen LogP contribution in [0.25, 0.3) is 0 Å². The van der Waals surface area contributed by atoms with Crippen LogP contribution in [-0.2, 0) is 4.79 Å². The quantitative estimate of drug-likeness (QED) is 0.840. The second-order valence-corrected chi connectivity index (χ2v) is 6.74. The van der Waals surface area contributed by atoms with Crippen LogP contribution in [0, 0.1) is 0 Å². The van der Waals surface area contributed by atoms with Gasteiger partial charge in [0.1, 0.15) is 10.7 Å². The molecule has 2 rings (SSSR count). The summed E-state index contributed by atoms with van der Waals surface area (Å²) >= 11 is 6.92. The lowest BCUT2D eigenvalue weighted by Crippen LogP contribution is -2.43. The lowest BCUT2D eigenvalue weighted by molar-refractivity contribution is -0.133. The summed E-state index contributed by atoms with van der Waals surface area (Å²) in [5.41, 5.74) is 6.32. The molecule has 1 aromatic carbocycles. The zero-order valence-electron chi connectivity index (χ0n) is 12.1. The number of rotatable bonds is 5. The normalized spacial score (nSPS) is 18.3. The number of hydrogen-bond acceptors (Lipinski definition) is 4. The highest BCUT2D eigenvalue weighted by atomic mass is 32.2. The van der Waals surface area contributed by atoms with Gasteiger partial charge in [-0.25, -0.2) is 0 Å². The smallest absolute Gasteiger partial charge is 0.260 e. The van der Waals surface area contributed by atoms with E-state index in [1.807, 2.05) is 28.8 Å². The molecule has 1 fully saturated rings. The lowest BCUT2D eigenvalue weighted by atomic mass is 10.2. The van der Waals surface area contributed by atoms with E-state index in [9.17, 15) is 4.79 Å². The van der Waals surface area contributed by atoms with Gasteiger partial charge in [-0.15, -0.1) is 0 Å². The van der Waals surface area contributed by atoms with Gasteiger partial charge < -0.3 is 15.4 Å². The number of benzene rings is 1. The van der Waals surface area contributed by atoms with E-state index in [1.165, 1.54) is 0 Å². The molecule has 1 aromatic rings. The second-order valence-electron chi connectivity index (χ2n) is 4.89. The number of nitrogens with two attached hydrogens (primary N) is 1. The molecular weight excluding hydrogens is 304 g/mol. The van der Waals surface area contributed by atoms with Crippen molar-refractivity contribution in [3.8, 4) is 5.75 Å². The molecule has 1 unspecified atom stereocenters. The topological polar surface area (TPSA) is 55.6 Å². The summed E-state index contributed by atoms with van der Waals surface area (Å²) in [7, 11) is 0. The average molecular weight is 324 g/mol. The summed E-state index contributed by atoms with van der Waals surface area (Å²) < 4.78 is 5.62. The third-order valence-corrected chi connectivity index (χ3v) is 5.04. The number of thioether (sulfide) groups is 1. The van der Waals surface area contributed by atoms with Gasteiger partial charge in [0.05, 0.1) is 5.56 Å². The van der Waals surface area contributed by atoms with Crippen LogP contribution in [0.3, 0.4) is 0 Å². The summed E-state index contributed by atoms with van der Waals surface area (Å²) in [6.07, 6.45) is 1.08. The van der Waals surface area contributed by atoms with Gasteiger partial charge in [0.2, 0.25) is 0 Å². The van der Waals surface area contributed by atoms with Crippen LogP contribution in [0.1, 0.15) is 18.9 Å². The highest BCUT2D eigenvalue weighted by Crippen LogP contribution is 2.22. The van der Waals surface area contributed by atoms with Crippen LogP contribution < -0.4 is 10.5 Å². The molecule has 2 N–H and O–H groups in total. The van der Waals surface area contributed by atoms with Crippen molar-refractivity contribution < 1.29 is 9.53 Å². The Morgan fingerprint density at radius 3 is 3.00 bits per heavy atom. The van der Waals surface area contributed by atoms with Gasteiger partial charge in [-0.05, 0) is 18.6 Å². The van der Waals surface area contributed by atoms with E-state index in [2.05, 4.69) is 6.92 Å².